The number of benzene rings is 2. The minimum atomic E-state index is -3.71. The number of aromatic nitrogens is 2. The van der Waals surface area contributed by atoms with Crippen LogP contribution in [-0.2, 0) is 14.6 Å². The van der Waals surface area contributed by atoms with Gasteiger partial charge in [0.05, 0.1) is 4.90 Å². The first-order chi connectivity index (χ1) is 15.3. The molecule has 1 N–H and O–H groups in total. The largest absolute Gasteiger partial charge is 0.355 e. The van der Waals surface area contributed by atoms with Crippen molar-refractivity contribution in [2.24, 2.45) is 5.92 Å². The normalized spacial score (nSPS) is 14.9. The van der Waals surface area contributed by atoms with E-state index < -0.39 is 9.84 Å². The minimum absolute atomic E-state index is 0.0161. The highest BCUT2D eigenvalue weighted by Gasteiger charge is 2.26. The number of rotatable bonds is 5. The Morgan fingerprint density at radius 2 is 1.62 bits per heavy atom. The summed E-state index contributed by atoms with van der Waals surface area (Å²) < 4.78 is 25.5. The molecule has 2 heterocycles. The first kappa shape index (κ1) is 22.2. The van der Waals surface area contributed by atoms with Crippen LogP contribution in [0, 0.1) is 12.8 Å². The van der Waals surface area contributed by atoms with Crippen molar-refractivity contribution in [1.29, 1.82) is 0 Å². The van der Waals surface area contributed by atoms with Crippen LogP contribution in [0.3, 0.4) is 0 Å². The fourth-order valence-corrected chi connectivity index (χ4v) is 4.87. The first-order valence-corrected chi connectivity index (χ1v) is 12.2. The van der Waals surface area contributed by atoms with Gasteiger partial charge in [-0.15, -0.1) is 10.2 Å². The lowest BCUT2D eigenvalue weighted by molar-refractivity contribution is -0.120. The summed E-state index contributed by atoms with van der Waals surface area (Å²) in [6.45, 7) is 3.17. The Labute approximate surface area is 192 Å². The third kappa shape index (κ3) is 4.92. The lowest BCUT2D eigenvalue weighted by atomic mass is 9.96. The maximum atomic E-state index is 12.8. The van der Waals surface area contributed by atoms with Crippen molar-refractivity contribution in [2.45, 2.75) is 29.7 Å². The standard InChI is InChI=1S/C23H23ClN4O3S/c1-16-2-8-20(9-3-16)32(30,31)22-11-10-21(26-27-22)28-14-12-17(13-15-28)23(29)25-19-6-4-18(24)5-7-19/h2-11,17H,12-15H2,1H3,(H,25,29). The highest BCUT2D eigenvalue weighted by molar-refractivity contribution is 7.91. The molecule has 0 atom stereocenters. The smallest absolute Gasteiger partial charge is 0.227 e. The van der Waals surface area contributed by atoms with Gasteiger partial charge in [0.15, 0.2) is 10.8 Å². The predicted molar refractivity (Wildman–Crippen MR) is 124 cm³/mol. The lowest BCUT2D eigenvalue weighted by Gasteiger charge is -2.31. The number of halogens is 1. The number of aryl methyl sites for hydroxylation is 1. The van der Waals surface area contributed by atoms with Gasteiger partial charge in [0.25, 0.3) is 0 Å². The second kappa shape index (κ2) is 9.26. The Morgan fingerprint density at radius 3 is 2.22 bits per heavy atom. The zero-order valence-electron chi connectivity index (χ0n) is 17.5. The minimum Gasteiger partial charge on any atom is -0.355 e. The molecule has 0 spiro atoms. The number of hydrogen-bond acceptors (Lipinski definition) is 6. The van der Waals surface area contributed by atoms with E-state index in [0.717, 1.165) is 11.3 Å². The van der Waals surface area contributed by atoms with E-state index in [2.05, 4.69) is 15.5 Å². The van der Waals surface area contributed by atoms with Gasteiger partial charge in [-0.1, -0.05) is 29.3 Å². The molecule has 1 saturated heterocycles. The number of anilines is 2. The van der Waals surface area contributed by atoms with Crippen molar-refractivity contribution >= 4 is 38.9 Å². The van der Waals surface area contributed by atoms with E-state index in [1.807, 2.05) is 11.8 Å². The molecular formula is C23H23ClN4O3S. The molecule has 4 rings (SSSR count). The molecule has 0 radical (unpaired) electrons. The van der Waals surface area contributed by atoms with E-state index in [4.69, 9.17) is 11.6 Å². The van der Waals surface area contributed by atoms with Crippen molar-refractivity contribution in [1.82, 2.24) is 10.2 Å². The molecule has 1 aromatic heterocycles. The van der Waals surface area contributed by atoms with Gasteiger partial charge in [-0.25, -0.2) is 8.42 Å². The Morgan fingerprint density at radius 1 is 0.969 bits per heavy atom. The van der Waals surface area contributed by atoms with Crippen LogP contribution >= 0.6 is 11.6 Å². The van der Waals surface area contributed by atoms with Gasteiger partial charge in [-0.3, -0.25) is 4.79 Å². The highest BCUT2D eigenvalue weighted by atomic mass is 35.5. The number of piperidine rings is 1. The van der Waals surface area contributed by atoms with Crippen LogP contribution in [0.2, 0.25) is 5.02 Å². The van der Waals surface area contributed by atoms with Crippen molar-refractivity contribution in [3.05, 3.63) is 71.2 Å². The molecule has 0 saturated carbocycles. The number of amides is 1. The molecule has 0 bridgehead atoms. The van der Waals surface area contributed by atoms with Crippen LogP contribution in [0.25, 0.3) is 0 Å². The van der Waals surface area contributed by atoms with Gasteiger partial charge in [-0.2, -0.15) is 0 Å². The molecule has 0 aliphatic carbocycles. The van der Waals surface area contributed by atoms with Crippen LogP contribution in [-0.4, -0.2) is 37.6 Å². The zero-order valence-corrected chi connectivity index (χ0v) is 19.1. The molecule has 1 amide bonds. The summed E-state index contributed by atoms with van der Waals surface area (Å²) in [7, 11) is -3.71. The molecular weight excluding hydrogens is 448 g/mol. The number of nitrogens with zero attached hydrogens (tertiary/aromatic N) is 3. The average molecular weight is 471 g/mol. The molecule has 9 heteroatoms. The Balaban J connectivity index is 1.37. The summed E-state index contributed by atoms with van der Waals surface area (Å²) in [5.41, 5.74) is 1.70. The maximum Gasteiger partial charge on any atom is 0.227 e. The summed E-state index contributed by atoms with van der Waals surface area (Å²) in [6.07, 6.45) is 1.34. The first-order valence-electron chi connectivity index (χ1n) is 10.3. The fraction of sp³-hybridized carbons (Fsp3) is 0.261. The quantitative estimate of drug-likeness (QED) is 0.602. The summed E-state index contributed by atoms with van der Waals surface area (Å²) in [6, 6.07) is 16.8. The van der Waals surface area contributed by atoms with E-state index in [9.17, 15) is 13.2 Å². The van der Waals surface area contributed by atoms with Crippen LogP contribution < -0.4 is 10.2 Å². The average Bonchev–Trinajstić information content (AvgIpc) is 2.81. The van der Waals surface area contributed by atoms with E-state index in [1.165, 1.54) is 6.07 Å². The van der Waals surface area contributed by atoms with Crippen molar-refractivity contribution in [3.63, 3.8) is 0 Å². The van der Waals surface area contributed by atoms with Crippen molar-refractivity contribution in [3.8, 4) is 0 Å². The van der Waals surface area contributed by atoms with Crippen molar-refractivity contribution < 1.29 is 13.2 Å². The summed E-state index contributed by atoms with van der Waals surface area (Å²) in [4.78, 5) is 14.8. The number of hydrogen-bond donors (Lipinski definition) is 1. The molecule has 0 unspecified atom stereocenters. The maximum absolute atomic E-state index is 12.8. The summed E-state index contributed by atoms with van der Waals surface area (Å²) in [5.74, 6) is 0.484. The highest BCUT2D eigenvalue weighted by Crippen LogP contribution is 2.25. The molecule has 1 aliphatic heterocycles. The zero-order chi connectivity index (χ0) is 22.7. The Kier molecular flexibility index (Phi) is 6.43. The fourth-order valence-electron chi connectivity index (χ4n) is 3.61. The number of carbonyl (C=O) groups excluding carboxylic acids is 1. The lowest BCUT2D eigenvalue weighted by Crippen LogP contribution is -2.38. The SMILES string of the molecule is Cc1ccc(S(=O)(=O)c2ccc(N3CCC(C(=O)Nc4ccc(Cl)cc4)CC3)nn2)cc1. The van der Waals surface area contributed by atoms with Gasteiger partial charge in [-0.05, 0) is 68.3 Å². The topological polar surface area (TPSA) is 92.3 Å². The van der Waals surface area contributed by atoms with Crippen LogP contribution in [0.5, 0.6) is 0 Å². The van der Waals surface area contributed by atoms with E-state index in [1.54, 1.807) is 54.6 Å². The molecule has 1 fully saturated rings. The van der Waals surface area contributed by atoms with E-state index in [0.29, 0.717) is 36.8 Å². The second-order valence-electron chi connectivity index (χ2n) is 7.80. The van der Waals surface area contributed by atoms with Crippen LogP contribution in [0.4, 0.5) is 11.5 Å². The molecule has 2 aromatic carbocycles. The van der Waals surface area contributed by atoms with Gasteiger partial charge in [0.1, 0.15) is 0 Å². The van der Waals surface area contributed by atoms with Gasteiger partial charge in [0.2, 0.25) is 15.7 Å². The molecule has 7 nitrogen and oxygen atoms in total. The second-order valence-corrected chi connectivity index (χ2v) is 10.1. The van der Waals surface area contributed by atoms with Crippen LogP contribution in [0.1, 0.15) is 18.4 Å². The number of nitrogens with one attached hydrogen (secondary N) is 1. The predicted octanol–water partition coefficient (Wildman–Crippen LogP) is 4.13. The summed E-state index contributed by atoms with van der Waals surface area (Å²) in [5, 5.41) is 11.6. The van der Waals surface area contributed by atoms with E-state index >= 15 is 0 Å². The molecule has 3 aromatic rings. The number of carbonyl (C=O) groups is 1. The third-order valence-electron chi connectivity index (χ3n) is 5.53. The monoisotopic (exact) mass is 470 g/mol. The van der Waals surface area contributed by atoms with Gasteiger partial charge < -0.3 is 10.2 Å². The summed E-state index contributed by atoms with van der Waals surface area (Å²) >= 11 is 5.88. The van der Waals surface area contributed by atoms with Crippen molar-refractivity contribution in [2.75, 3.05) is 23.3 Å². The molecule has 1 aliphatic rings. The number of sulfone groups is 1. The third-order valence-corrected chi connectivity index (χ3v) is 7.45. The molecule has 166 valence electrons. The molecule has 32 heavy (non-hydrogen) atoms. The van der Waals surface area contributed by atoms with Gasteiger partial charge >= 0.3 is 0 Å². The van der Waals surface area contributed by atoms with Crippen LogP contribution in [0.15, 0.2) is 70.6 Å². The Hall–Kier alpha value is -2.97. The van der Waals surface area contributed by atoms with Gasteiger partial charge in [0, 0.05) is 29.7 Å². The Bertz CT molecular complexity index is 1190. The van der Waals surface area contributed by atoms with E-state index in [-0.39, 0.29) is 21.7 Å².